The summed E-state index contributed by atoms with van der Waals surface area (Å²) in [6.45, 7) is 0.0377. The first-order valence-electron chi connectivity index (χ1n) is 5.84. The highest BCUT2D eigenvalue weighted by atomic mass is 35.5. The molecule has 0 radical (unpaired) electrons. The molecule has 5 heteroatoms. The van der Waals surface area contributed by atoms with E-state index in [1.54, 1.807) is 24.3 Å². The van der Waals surface area contributed by atoms with Gasteiger partial charge in [-0.15, -0.1) is 0 Å². The number of carbonyl (C=O) groups is 1. The molecule has 2 aromatic rings. The summed E-state index contributed by atoms with van der Waals surface area (Å²) in [5.41, 5.74) is 0.847. The van der Waals surface area contributed by atoms with Crippen molar-refractivity contribution in [2.24, 2.45) is 0 Å². The number of carbonyl (C=O) groups excluding carboxylic acids is 1. The van der Waals surface area contributed by atoms with E-state index in [4.69, 9.17) is 21.1 Å². The lowest BCUT2D eigenvalue weighted by Gasteiger charge is -2.10. The van der Waals surface area contributed by atoms with Gasteiger partial charge in [0.05, 0.1) is 12.1 Å². The number of benzene rings is 2. The van der Waals surface area contributed by atoms with Gasteiger partial charge in [-0.1, -0.05) is 11.6 Å². The van der Waals surface area contributed by atoms with Crippen molar-refractivity contribution in [3.05, 3.63) is 58.4 Å². The van der Waals surface area contributed by atoms with Crippen molar-refractivity contribution in [2.75, 3.05) is 7.11 Å². The van der Waals surface area contributed by atoms with E-state index in [2.05, 4.69) is 0 Å². The minimum atomic E-state index is -0.412. The van der Waals surface area contributed by atoms with Gasteiger partial charge in [-0.05, 0) is 30.3 Å². The number of halogens is 2. The zero-order valence-corrected chi connectivity index (χ0v) is 11.5. The van der Waals surface area contributed by atoms with Gasteiger partial charge in [0.15, 0.2) is 0 Å². The zero-order chi connectivity index (χ0) is 14.5. The van der Waals surface area contributed by atoms with Gasteiger partial charge >= 0.3 is 0 Å². The third-order valence-electron chi connectivity index (χ3n) is 2.74. The Balaban J connectivity index is 2.10. The van der Waals surface area contributed by atoms with Crippen LogP contribution in [0.25, 0.3) is 0 Å². The van der Waals surface area contributed by atoms with E-state index in [0.717, 1.165) is 0 Å². The van der Waals surface area contributed by atoms with Gasteiger partial charge in [0.2, 0.25) is 0 Å². The van der Waals surface area contributed by atoms with E-state index < -0.39 is 5.82 Å². The van der Waals surface area contributed by atoms with Crippen LogP contribution in [0.1, 0.15) is 15.9 Å². The number of methoxy groups -OCH3 is 1. The standard InChI is InChI=1S/C15H12ClFO3/c1-19-12-4-3-11(14(17)7-12)9-20-15-5-2-10(8-18)6-13(15)16/h2-8H,9H2,1H3. The Labute approximate surface area is 120 Å². The smallest absolute Gasteiger partial charge is 0.150 e. The van der Waals surface area contributed by atoms with E-state index in [1.807, 2.05) is 0 Å². The fourth-order valence-electron chi connectivity index (χ4n) is 1.64. The molecule has 0 aliphatic heterocycles. The average molecular weight is 295 g/mol. The van der Waals surface area contributed by atoms with Gasteiger partial charge in [0.1, 0.15) is 30.2 Å². The summed E-state index contributed by atoms with van der Waals surface area (Å²) in [7, 11) is 1.47. The van der Waals surface area contributed by atoms with Gasteiger partial charge in [0.25, 0.3) is 0 Å². The number of hydrogen-bond acceptors (Lipinski definition) is 3. The third-order valence-corrected chi connectivity index (χ3v) is 3.03. The Kier molecular flexibility index (Phi) is 4.58. The number of rotatable bonds is 5. The second-order valence-corrected chi connectivity index (χ2v) is 4.46. The van der Waals surface area contributed by atoms with Gasteiger partial charge in [-0.2, -0.15) is 0 Å². The lowest BCUT2D eigenvalue weighted by atomic mass is 10.2. The first kappa shape index (κ1) is 14.3. The maximum atomic E-state index is 13.7. The van der Waals surface area contributed by atoms with E-state index >= 15 is 0 Å². The molecule has 3 nitrogen and oxygen atoms in total. The SMILES string of the molecule is COc1ccc(COc2ccc(C=O)cc2Cl)c(F)c1. The summed E-state index contributed by atoms with van der Waals surface area (Å²) in [4.78, 5) is 10.6. The monoisotopic (exact) mass is 294 g/mol. The predicted octanol–water partition coefficient (Wildman–Crippen LogP) is 3.88. The van der Waals surface area contributed by atoms with Crippen molar-refractivity contribution in [1.82, 2.24) is 0 Å². The minimum absolute atomic E-state index is 0.0377. The lowest BCUT2D eigenvalue weighted by Crippen LogP contribution is -1.99. The van der Waals surface area contributed by atoms with Crippen molar-refractivity contribution < 1.29 is 18.7 Å². The molecule has 0 heterocycles. The molecular weight excluding hydrogens is 283 g/mol. The second-order valence-electron chi connectivity index (χ2n) is 4.05. The molecular formula is C15H12ClFO3. The highest BCUT2D eigenvalue weighted by Gasteiger charge is 2.07. The fourth-order valence-corrected chi connectivity index (χ4v) is 1.88. The summed E-state index contributed by atoms with van der Waals surface area (Å²) >= 11 is 5.96. The maximum absolute atomic E-state index is 13.7. The van der Waals surface area contributed by atoms with Gasteiger partial charge in [-0.3, -0.25) is 4.79 Å². The Morgan fingerprint density at radius 3 is 2.65 bits per heavy atom. The quantitative estimate of drug-likeness (QED) is 0.785. The van der Waals surface area contributed by atoms with Crippen LogP contribution in [0.3, 0.4) is 0 Å². The Morgan fingerprint density at radius 2 is 2.05 bits per heavy atom. The molecule has 0 spiro atoms. The van der Waals surface area contributed by atoms with Crippen molar-refractivity contribution in [1.29, 1.82) is 0 Å². The molecule has 2 rings (SSSR count). The Bertz CT molecular complexity index is 629. The number of aldehydes is 1. The van der Waals surface area contributed by atoms with E-state index in [1.165, 1.54) is 19.2 Å². The highest BCUT2D eigenvalue weighted by molar-refractivity contribution is 6.32. The summed E-state index contributed by atoms with van der Waals surface area (Å²) in [5.74, 6) is 0.428. The molecule has 0 aromatic heterocycles. The summed E-state index contributed by atoms with van der Waals surface area (Å²) in [6, 6.07) is 9.18. The molecule has 0 bridgehead atoms. The van der Waals surface area contributed by atoms with E-state index in [-0.39, 0.29) is 6.61 Å². The lowest BCUT2D eigenvalue weighted by molar-refractivity contribution is 0.112. The summed E-state index contributed by atoms with van der Waals surface area (Å²) in [6.07, 6.45) is 0.693. The summed E-state index contributed by atoms with van der Waals surface area (Å²) < 4.78 is 24.1. The highest BCUT2D eigenvalue weighted by Crippen LogP contribution is 2.26. The van der Waals surface area contributed by atoms with Crippen LogP contribution in [0.5, 0.6) is 11.5 Å². The molecule has 0 amide bonds. The normalized spacial score (nSPS) is 10.2. The second kappa shape index (κ2) is 6.39. The van der Waals surface area contributed by atoms with Crippen LogP contribution in [0.4, 0.5) is 4.39 Å². The molecule has 0 aliphatic carbocycles. The molecule has 0 fully saturated rings. The average Bonchev–Trinajstić information content (AvgIpc) is 2.46. The van der Waals surface area contributed by atoms with Crippen LogP contribution in [-0.2, 0) is 6.61 Å². The van der Waals surface area contributed by atoms with Crippen LogP contribution in [-0.4, -0.2) is 13.4 Å². The first-order chi connectivity index (χ1) is 9.63. The number of ether oxygens (including phenoxy) is 2. The summed E-state index contributed by atoms with van der Waals surface area (Å²) in [5, 5.41) is 0.309. The molecule has 0 aliphatic rings. The fraction of sp³-hybridized carbons (Fsp3) is 0.133. The van der Waals surface area contributed by atoms with Crippen LogP contribution in [0.2, 0.25) is 5.02 Å². The van der Waals surface area contributed by atoms with Gasteiger partial charge in [0, 0.05) is 17.2 Å². The Hall–Kier alpha value is -2.07. The van der Waals surface area contributed by atoms with Crippen molar-refractivity contribution in [3.8, 4) is 11.5 Å². The largest absolute Gasteiger partial charge is 0.497 e. The van der Waals surface area contributed by atoms with Crippen LogP contribution >= 0.6 is 11.6 Å². The van der Waals surface area contributed by atoms with Crippen molar-refractivity contribution >= 4 is 17.9 Å². The Morgan fingerprint density at radius 1 is 1.25 bits per heavy atom. The molecule has 0 saturated carbocycles. The predicted molar refractivity (Wildman–Crippen MR) is 74.1 cm³/mol. The van der Waals surface area contributed by atoms with E-state index in [9.17, 15) is 9.18 Å². The van der Waals surface area contributed by atoms with Crippen LogP contribution in [0.15, 0.2) is 36.4 Å². The molecule has 104 valence electrons. The molecule has 0 unspecified atom stereocenters. The van der Waals surface area contributed by atoms with Crippen LogP contribution in [0, 0.1) is 5.82 Å². The van der Waals surface area contributed by atoms with Crippen molar-refractivity contribution in [2.45, 2.75) is 6.61 Å². The molecule has 20 heavy (non-hydrogen) atoms. The van der Waals surface area contributed by atoms with Gasteiger partial charge < -0.3 is 9.47 Å². The topological polar surface area (TPSA) is 35.5 Å². The third kappa shape index (κ3) is 3.27. The minimum Gasteiger partial charge on any atom is -0.497 e. The molecule has 0 atom stereocenters. The van der Waals surface area contributed by atoms with Crippen LogP contribution < -0.4 is 9.47 Å². The molecule has 0 saturated heterocycles. The molecule has 2 aromatic carbocycles. The zero-order valence-electron chi connectivity index (χ0n) is 10.7. The molecule has 0 N–H and O–H groups in total. The number of hydrogen-bond donors (Lipinski definition) is 0. The van der Waals surface area contributed by atoms with E-state index in [0.29, 0.717) is 33.9 Å². The van der Waals surface area contributed by atoms with Gasteiger partial charge in [-0.25, -0.2) is 4.39 Å². The maximum Gasteiger partial charge on any atom is 0.150 e. The van der Waals surface area contributed by atoms with Crippen molar-refractivity contribution in [3.63, 3.8) is 0 Å². The first-order valence-corrected chi connectivity index (χ1v) is 6.22.